The van der Waals surface area contributed by atoms with Gasteiger partial charge in [-0.3, -0.25) is 9.59 Å². The van der Waals surface area contributed by atoms with Crippen LogP contribution in [0.1, 0.15) is 13.3 Å². The molecule has 16 heavy (non-hydrogen) atoms. The average molecular weight is 248 g/mol. The third-order valence-corrected chi connectivity index (χ3v) is 2.98. The Bertz CT molecular complexity index is 260. The highest BCUT2D eigenvalue weighted by molar-refractivity contribution is 8.00. The van der Waals surface area contributed by atoms with Gasteiger partial charge in [-0.15, -0.1) is 11.8 Å². The molecule has 0 aromatic heterocycles. The molecule has 0 heterocycles. The van der Waals surface area contributed by atoms with Gasteiger partial charge in [0.25, 0.3) is 0 Å². The van der Waals surface area contributed by atoms with E-state index in [4.69, 9.17) is 10.8 Å². The number of rotatable bonds is 8. The molecule has 0 radical (unpaired) electrons. The van der Waals surface area contributed by atoms with Crippen molar-refractivity contribution in [1.29, 1.82) is 0 Å². The molecule has 0 aliphatic heterocycles. The van der Waals surface area contributed by atoms with Gasteiger partial charge >= 0.3 is 5.97 Å². The summed E-state index contributed by atoms with van der Waals surface area (Å²) in [6.45, 7) is 2.28. The molecule has 0 aromatic carbocycles. The van der Waals surface area contributed by atoms with Crippen LogP contribution >= 0.6 is 11.8 Å². The van der Waals surface area contributed by atoms with Gasteiger partial charge in [0.15, 0.2) is 0 Å². The normalized spacial score (nSPS) is 13.9. The predicted octanol–water partition coefficient (Wildman–Crippen LogP) is -0.775. The van der Waals surface area contributed by atoms with E-state index in [0.717, 1.165) is 11.8 Å². The molecule has 0 aromatic rings. The monoisotopic (exact) mass is 248 g/mol. The highest BCUT2D eigenvalue weighted by Crippen LogP contribution is 2.13. The van der Waals surface area contributed by atoms with E-state index in [-0.39, 0.29) is 18.1 Å². The number of carboxylic acid groups (broad SMARTS) is 1. The molecule has 2 atom stereocenters. The number of thioether (sulfide) groups is 1. The van der Waals surface area contributed by atoms with Crippen molar-refractivity contribution in [2.75, 3.05) is 12.3 Å². The van der Waals surface area contributed by atoms with E-state index in [1.807, 2.05) is 0 Å². The van der Waals surface area contributed by atoms with Gasteiger partial charge in [-0.2, -0.15) is 0 Å². The van der Waals surface area contributed by atoms with Crippen molar-refractivity contribution < 1.29 is 19.5 Å². The van der Waals surface area contributed by atoms with Crippen LogP contribution in [0, 0.1) is 0 Å². The molecule has 6 nitrogen and oxygen atoms in total. The molecule has 2 unspecified atom stereocenters. The number of hydrogen-bond donors (Lipinski definition) is 3. The number of amides is 1. The zero-order valence-electron chi connectivity index (χ0n) is 9.01. The lowest BCUT2D eigenvalue weighted by molar-refractivity contribution is -0.137. The summed E-state index contributed by atoms with van der Waals surface area (Å²) in [4.78, 5) is 32.2. The number of aliphatic carboxylic acids is 1. The fraction of sp³-hybridized carbons (Fsp3) is 0.667. The van der Waals surface area contributed by atoms with Crippen LogP contribution in [0.25, 0.3) is 0 Å². The molecule has 0 saturated heterocycles. The summed E-state index contributed by atoms with van der Waals surface area (Å²) in [5.41, 5.74) is 5.27. The molecule has 0 spiro atoms. The molecular weight excluding hydrogens is 232 g/mol. The van der Waals surface area contributed by atoms with Gasteiger partial charge in [0.1, 0.15) is 12.3 Å². The first-order chi connectivity index (χ1) is 7.51. The summed E-state index contributed by atoms with van der Waals surface area (Å²) < 4.78 is 0. The Hall–Kier alpha value is -1.08. The second-order valence-corrected chi connectivity index (χ2v) is 4.38. The maximum absolute atomic E-state index is 11.2. The van der Waals surface area contributed by atoms with Gasteiger partial charge in [-0.1, -0.05) is 0 Å². The van der Waals surface area contributed by atoms with Crippen molar-refractivity contribution in [2.45, 2.75) is 24.6 Å². The second kappa shape index (κ2) is 8.12. The van der Waals surface area contributed by atoms with Crippen molar-refractivity contribution in [1.82, 2.24) is 5.32 Å². The highest BCUT2D eigenvalue weighted by atomic mass is 32.2. The van der Waals surface area contributed by atoms with Crippen molar-refractivity contribution >= 4 is 29.9 Å². The largest absolute Gasteiger partial charge is 0.480 e. The van der Waals surface area contributed by atoms with Gasteiger partial charge in [0, 0.05) is 18.7 Å². The Morgan fingerprint density at radius 1 is 1.56 bits per heavy atom. The van der Waals surface area contributed by atoms with Crippen LogP contribution in [-0.4, -0.2) is 46.9 Å². The number of nitrogens with one attached hydrogen (secondary N) is 1. The lowest BCUT2D eigenvalue weighted by Crippen LogP contribution is -2.34. The maximum atomic E-state index is 11.2. The molecule has 0 aliphatic rings. The smallest absolute Gasteiger partial charge is 0.321 e. The van der Waals surface area contributed by atoms with E-state index >= 15 is 0 Å². The Morgan fingerprint density at radius 3 is 2.62 bits per heavy atom. The van der Waals surface area contributed by atoms with Crippen molar-refractivity contribution in [3.63, 3.8) is 0 Å². The zero-order valence-corrected chi connectivity index (χ0v) is 9.83. The van der Waals surface area contributed by atoms with E-state index < -0.39 is 17.3 Å². The summed E-state index contributed by atoms with van der Waals surface area (Å²) in [6, 6.07) is -1.01. The van der Waals surface area contributed by atoms with Crippen molar-refractivity contribution in [2.24, 2.45) is 5.73 Å². The fourth-order valence-corrected chi connectivity index (χ4v) is 1.84. The summed E-state index contributed by atoms with van der Waals surface area (Å²) in [5, 5.41) is 10.5. The van der Waals surface area contributed by atoms with E-state index in [9.17, 15) is 14.4 Å². The summed E-state index contributed by atoms with van der Waals surface area (Å²) in [6.07, 6.45) is 0.683. The van der Waals surface area contributed by atoms with Crippen LogP contribution < -0.4 is 11.1 Å². The van der Waals surface area contributed by atoms with Crippen molar-refractivity contribution in [3.8, 4) is 0 Å². The van der Waals surface area contributed by atoms with E-state index in [2.05, 4.69) is 5.32 Å². The first-order valence-electron chi connectivity index (χ1n) is 4.83. The highest BCUT2D eigenvalue weighted by Gasteiger charge is 2.17. The van der Waals surface area contributed by atoms with Crippen LogP contribution in [0.5, 0.6) is 0 Å². The zero-order chi connectivity index (χ0) is 12.6. The first kappa shape index (κ1) is 14.9. The van der Waals surface area contributed by atoms with E-state index in [0.29, 0.717) is 12.8 Å². The average Bonchev–Trinajstić information content (AvgIpc) is 2.23. The third-order valence-electron chi connectivity index (χ3n) is 1.72. The minimum absolute atomic E-state index is 0.0499. The summed E-state index contributed by atoms with van der Waals surface area (Å²) in [7, 11) is 0. The number of carbonyl (C=O) groups excluding carboxylic acids is 2. The van der Waals surface area contributed by atoms with Crippen LogP contribution in [0.3, 0.4) is 0 Å². The molecule has 92 valence electrons. The lowest BCUT2D eigenvalue weighted by atomic mass is 10.3. The number of nitrogens with two attached hydrogens (primary N) is 1. The molecule has 0 fully saturated rings. The Labute approximate surface area is 98.0 Å². The van der Waals surface area contributed by atoms with Crippen molar-refractivity contribution in [3.05, 3.63) is 0 Å². The minimum Gasteiger partial charge on any atom is -0.480 e. The van der Waals surface area contributed by atoms with Crippen LogP contribution in [0.15, 0.2) is 0 Å². The van der Waals surface area contributed by atoms with Gasteiger partial charge in [0.2, 0.25) is 5.91 Å². The van der Waals surface area contributed by atoms with Crippen LogP contribution in [-0.2, 0) is 14.4 Å². The SMILES string of the molecule is CCNC(=O)CC(C=O)SCC(N)C(=O)O. The third kappa shape index (κ3) is 6.41. The molecule has 0 rings (SSSR count). The first-order valence-corrected chi connectivity index (χ1v) is 5.88. The van der Waals surface area contributed by atoms with Gasteiger partial charge < -0.3 is 21.0 Å². The van der Waals surface area contributed by atoms with Crippen LogP contribution in [0.4, 0.5) is 0 Å². The van der Waals surface area contributed by atoms with Gasteiger partial charge in [-0.05, 0) is 6.92 Å². The summed E-state index contributed by atoms with van der Waals surface area (Å²) in [5.74, 6) is -1.23. The van der Waals surface area contributed by atoms with Gasteiger partial charge in [0.05, 0.1) is 5.25 Å². The molecule has 0 saturated carbocycles. The minimum atomic E-state index is -1.12. The van der Waals surface area contributed by atoms with Gasteiger partial charge in [-0.25, -0.2) is 0 Å². The molecule has 0 aliphatic carbocycles. The maximum Gasteiger partial charge on any atom is 0.321 e. The van der Waals surface area contributed by atoms with E-state index in [1.54, 1.807) is 6.92 Å². The Balaban J connectivity index is 3.96. The number of aldehydes is 1. The number of carboxylic acids is 1. The lowest BCUT2D eigenvalue weighted by Gasteiger charge is -2.11. The fourth-order valence-electron chi connectivity index (χ4n) is 0.897. The molecule has 7 heteroatoms. The molecule has 1 amide bonds. The predicted molar refractivity (Wildman–Crippen MR) is 61.2 cm³/mol. The molecule has 4 N–H and O–H groups in total. The number of carbonyl (C=O) groups is 3. The second-order valence-electron chi connectivity index (χ2n) is 3.11. The number of hydrogen-bond acceptors (Lipinski definition) is 5. The molecule has 0 bridgehead atoms. The topological polar surface area (TPSA) is 109 Å². The quantitative estimate of drug-likeness (QED) is 0.486. The van der Waals surface area contributed by atoms with Crippen LogP contribution in [0.2, 0.25) is 0 Å². The van der Waals surface area contributed by atoms with E-state index in [1.165, 1.54) is 0 Å². The Kier molecular flexibility index (Phi) is 7.57. The summed E-state index contributed by atoms with van der Waals surface area (Å²) >= 11 is 1.08. The molecular formula is C9H16N2O4S. The Morgan fingerprint density at radius 2 is 2.19 bits per heavy atom. The standard InChI is InChI=1S/C9H16N2O4S/c1-2-11-8(13)3-6(4-12)16-5-7(10)9(14)15/h4,6-7H,2-3,5,10H2,1H3,(H,11,13)(H,14,15).